The van der Waals surface area contributed by atoms with Gasteiger partial charge < -0.3 is 5.73 Å². The van der Waals surface area contributed by atoms with Gasteiger partial charge in [0.25, 0.3) is 0 Å². The van der Waals surface area contributed by atoms with E-state index in [2.05, 4.69) is 4.90 Å². The van der Waals surface area contributed by atoms with E-state index in [9.17, 15) is 4.79 Å². The lowest BCUT2D eigenvalue weighted by Gasteiger charge is -2.35. The van der Waals surface area contributed by atoms with Gasteiger partial charge >= 0.3 is 0 Å². The SMILES string of the molecule is NC1CCCN(C2CCCCCC2=O)C1. The number of carbonyl (C=O) groups excluding carboxylic acids is 1. The second kappa shape index (κ2) is 5.08. The number of rotatable bonds is 1. The van der Waals surface area contributed by atoms with Gasteiger partial charge in [0.1, 0.15) is 5.78 Å². The van der Waals surface area contributed by atoms with Crippen LogP contribution in [0.25, 0.3) is 0 Å². The molecule has 2 unspecified atom stereocenters. The van der Waals surface area contributed by atoms with Gasteiger partial charge in [0.2, 0.25) is 0 Å². The minimum absolute atomic E-state index is 0.193. The molecule has 15 heavy (non-hydrogen) atoms. The van der Waals surface area contributed by atoms with E-state index in [1.54, 1.807) is 0 Å². The molecule has 2 fully saturated rings. The number of hydrogen-bond acceptors (Lipinski definition) is 3. The summed E-state index contributed by atoms with van der Waals surface area (Å²) >= 11 is 0. The van der Waals surface area contributed by atoms with Crippen molar-refractivity contribution >= 4 is 5.78 Å². The van der Waals surface area contributed by atoms with Crippen LogP contribution in [-0.4, -0.2) is 35.9 Å². The lowest BCUT2D eigenvalue weighted by molar-refractivity contribution is -0.124. The molecule has 1 saturated heterocycles. The summed E-state index contributed by atoms with van der Waals surface area (Å²) in [7, 11) is 0. The third kappa shape index (κ3) is 2.79. The Kier molecular flexibility index (Phi) is 3.76. The molecule has 0 radical (unpaired) electrons. The average molecular weight is 210 g/mol. The first-order valence-electron chi connectivity index (χ1n) is 6.30. The summed E-state index contributed by atoms with van der Waals surface area (Å²) in [5.41, 5.74) is 5.96. The molecule has 86 valence electrons. The maximum absolute atomic E-state index is 11.9. The number of nitrogens with zero attached hydrogens (tertiary/aromatic N) is 1. The van der Waals surface area contributed by atoms with Crippen LogP contribution in [0.4, 0.5) is 0 Å². The van der Waals surface area contributed by atoms with Crippen LogP contribution < -0.4 is 5.73 Å². The Morgan fingerprint density at radius 2 is 2.00 bits per heavy atom. The number of carbonyl (C=O) groups is 1. The molecule has 2 N–H and O–H groups in total. The summed E-state index contributed by atoms with van der Waals surface area (Å²) in [6.07, 6.45) is 7.66. The second-order valence-corrected chi connectivity index (χ2v) is 4.98. The number of Topliss-reactive ketones (excluding diaryl/α,β-unsaturated/α-hetero) is 1. The van der Waals surface area contributed by atoms with Gasteiger partial charge in [0.15, 0.2) is 0 Å². The largest absolute Gasteiger partial charge is 0.327 e. The summed E-state index contributed by atoms with van der Waals surface area (Å²) in [6.45, 7) is 2.00. The number of ketones is 1. The topological polar surface area (TPSA) is 46.3 Å². The van der Waals surface area contributed by atoms with E-state index in [1.165, 1.54) is 12.8 Å². The molecule has 0 aromatic carbocycles. The molecule has 0 spiro atoms. The Balaban J connectivity index is 1.97. The van der Waals surface area contributed by atoms with Crippen molar-refractivity contribution in [3.63, 3.8) is 0 Å². The van der Waals surface area contributed by atoms with Crippen molar-refractivity contribution in [1.29, 1.82) is 0 Å². The van der Waals surface area contributed by atoms with Crippen molar-refractivity contribution in [3.8, 4) is 0 Å². The zero-order valence-corrected chi connectivity index (χ0v) is 9.45. The highest BCUT2D eigenvalue weighted by Crippen LogP contribution is 2.22. The van der Waals surface area contributed by atoms with Crippen molar-refractivity contribution in [1.82, 2.24) is 4.90 Å². The first-order chi connectivity index (χ1) is 7.27. The fraction of sp³-hybridized carbons (Fsp3) is 0.917. The molecule has 2 atom stereocenters. The molecule has 1 saturated carbocycles. The zero-order chi connectivity index (χ0) is 10.7. The predicted molar refractivity (Wildman–Crippen MR) is 60.7 cm³/mol. The lowest BCUT2D eigenvalue weighted by Crippen LogP contribution is -2.50. The third-order valence-electron chi connectivity index (χ3n) is 3.70. The van der Waals surface area contributed by atoms with E-state index in [-0.39, 0.29) is 12.1 Å². The van der Waals surface area contributed by atoms with Gasteiger partial charge in [-0.3, -0.25) is 9.69 Å². The lowest BCUT2D eigenvalue weighted by atomic mass is 10.00. The number of piperidine rings is 1. The van der Waals surface area contributed by atoms with Gasteiger partial charge in [-0.2, -0.15) is 0 Å². The van der Waals surface area contributed by atoms with Crippen LogP contribution in [0, 0.1) is 0 Å². The molecule has 3 nitrogen and oxygen atoms in total. The molecule has 0 aromatic heterocycles. The molecule has 0 aromatic rings. The summed E-state index contributed by atoms with van der Waals surface area (Å²) in [5.74, 6) is 0.460. The van der Waals surface area contributed by atoms with Crippen LogP contribution >= 0.6 is 0 Å². The van der Waals surface area contributed by atoms with Gasteiger partial charge in [0.05, 0.1) is 6.04 Å². The standard InChI is InChI=1S/C12H22N2O/c13-10-5-4-8-14(9-10)11-6-2-1-3-7-12(11)15/h10-11H,1-9,13H2. The van der Waals surface area contributed by atoms with E-state index < -0.39 is 0 Å². The van der Waals surface area contributed by atoms with Crippen molar-refractivity contribution in [3.05, 3.63) is 0 Å². The second-order valence-electron chi connectivity index (χ2n) is 4.98. The quantitative estimate of drug-likeness (QED) is 0.664. The van der Waals surface area contributed by atoms with E-state index in [4.69, 9.17) is 5.73 Å². The van der Waals surface area contributed by atoms with Crippen LogP contribution in [0.1, 0.15) is 44.9 Å². The fourth-order valence-electron chi connectivity index (χ4n) is 2.85. The van der Waals surface area contributed by atoms with Crippen LogP contribution in [0.2, 0.25) is 0 Å². The molecule has 0 bridgehead atoms. The van der Waals surface area contributed by atoms with Crippen LogP contribution in [-0.2, 0) is 4.79 Å². The molecule has 2 aliphatic rings. The summed E-state index contributed by atoms with van der Waals surface area (Å²) in [6, 6.07) is 0.480. The minimum atomic E-state index is 0.193. The number of likely N-dealkylation sites (tertiary alicyclic amines) is 1. The molecule has 1 aliphatic carbocycles. The summed E-state index contributed by atoms with van der Waals surface area (Å²) in [4.78, 5) is 14.3. The molecule has 0 amide bonds. The van der Waals surface area contributed by atoms with Crippen LogP contribution in [0.5, 0.6) is 0 Å². The molecule has 2 rings (SSSR count). The van der Waals surface area contributed by atoms with Gasteiger partial charge in [-0.25, -0.2) is 0 Å². The Morgan fingerprint density at radius 3 is 2.80 bits per heavy atom. The molecule has 3 heteroatoms. The van der Waals surface area contributed by atoms with Gasteiger partial charge in [-0.05, 0) is 32.2 Å². The smallest absolute Gasteiger partial charge is 0.149 e. The van der Waals surface area contributed by atoms with Crippen molar-refractivity contribution in [2.75, 3.05) is 13.1 Å². The van der Waals surface area contributed by atoms with E-state index in [0.29, 0.717) is 5.78 Å². The first-order valence-corrected chi connectivity index (χ1v) is 6.30. The monoisotopic (exact) mass is 210 g/mol. The molecule has 1 aliphatic heterocycles. The van der Waals surface area contributed by atoms with Crippen molar-refractivity contribution in [2.24, 2.45) is 5.73 Å². The van der Waals surface area contributed by atoms with E-state index in [1.807, 2.05) is 0 Å². The Labute approximate surface area is 92.0 Å². The number of hydrogen-bond donors (Lipinski definition) is 1. The van der Waals surface area contributed by atoms with E-state index in [0.717, 1.165) is 45.2 Å². The summed E-state index contributed by atoms with van der Waals surface area (Å²) in [5, 5.41) is 0. The maximum Gasteiger partial charge on any atom is 0.149 e. The Morgan fingerprint density at radius 1 is 1.13 bits per heavy atom. The van der Waals surface area contributed by atoms with Crippen molar-refractivity contribution < 1.29 is 4.79 Å². The summed E-state index contributed by atoms with van der Waals surface area (Å²) < 4.78 is 0. The zero-order valence-electron chi connectivity index (χ0n) is 9.45. The Hall–Kier alpha value is -0.410. The van der Waals surface area contributed by atoms with Crippen LogP contribution in [0.3, 0.4) is 0 Å². The highest BCUT2D eigenvalue weighted by Gasteiger charge is 2.29. The maximum atomic E-state index is 11.9. The average Bonchev–Trinajstić information content (AvgIpc) is 2.43. The first kappa shape index (κ1) is 11.1. The highest BCUT2D eigenvalue weighted by molar-refractivity contribution is 5.84. The molecular formula is C12H22N2O. The van der Waals surface area contributed by atoms with Gasteiger partial charge in [-0.1, -0.05) is 12.8 Å². The highest BCUT2D eigenvalue weighted by atomic mass is 16.1. The molecular weight excluding hydrogens is 188 g/mol. The van der Waals surface area contributed by atoms with Crippen LogP contribution in [0.15, 0.2) is 0 Å². The predicted octanol–water partition coefficient (Wildman–Crippen LogP) is 1.31. The fourth-order valence-corrected chi connectivity index (χ4v) is 2.85. The molecule has 1 heterocycles. The third-order valence-corrected chi connectivity index (χ3v) is 3.70. The van der Waals surface area contributed by atoms with Gasteiger partial charge in [-0.15, -0.1) is 0 Å². The Bertz CT molecular complexity index is 230. The normalized spacial score (nSPS) is 35.1. The van der Waals surface area contributed by atoms with E-state index >= 15 is 0 Å². The van der Waals surface area contributed by atoms with Gasteiger partial charge in [0, 0.05) is 19.0 Å². The number of nitrogens with two attached hydrogens (primary N) is 1. The minimum Gasteiger partial charge on any atom is -0.327 e. The van der Waals surface area contributed by atoms with Crippen molar-refractivity contribution in [2.45, 2.75) is 57.0 Å².